The molecular formula is C17H28N4O2. The molecule has 2 saturated heterocycles. The molecule has 23 heavy (non-hydrogen) atoms. The number of likely N-dealkylation sites (tertiary alicyclic amines) is 2. The highest BCUT2D eigenvalue weighted by Gasteiger charge is 2.36. The second-order valence-electron chi connectivity index (χ2n) is 6.89. The van der Waals surface area contributed by atoms with E-state index in [4.69, 9.17) is 4.74 Å². The Balaban J connectivity index is 1.68. The summed E-state index contributed by atoms with van der Waals surface area (Å²) in [5.41, 5.74) is 2.96. The van der Waals surface area contributed by atoms with E-state index in [0.717, 1.165) is 43.0 Å². The summed E-state index contributed by atoms with van der Waals surface area (Å²) < 4.78 is 5.54. The lowest BCUT2D eigenvalue weighted by Crippen LogP contribution is -2.43. The average Bonchev–Trinajstić information content (AvgIpc) is 3.25. The van der Waals surface area contributed by atoms with Crippen LogP contribution in [0.15, 0.2) is 0 Å². The van der Waals surface area contributed by atoms with Gasteiger partial charge in [-0.25, -0.2) is 0 Å². The first-order valence-corrected chi connectivity index (χ1v) is 8.63. The molecule has 0 unspecified atom stereocenters. The number of nitrogens with one attached hydrogen (secondary N) is 1. The smallest absolute Gasteiger partial charge is 0.227 e. The molecule has 3 rings (SSSR count). The van der Waals surface area contributed by atoms with Crippen molar-refractivity contribution in [1.29, 1.82) is 0 Å². The molecule has 0 aromatic carbocycles. The number of ether oxygens (including phenoxy) is 1. The van der Waals surface area contributed by atoms with E-state index in [0.29, 0.717) is 13.0 Å². The van der Waals surface area contributed by atoms with Crippen LogP contribution in [0.25, 0.3) is 0 Å². The van der Waals surface area contributed by atoms with E-state index >= 15 is 0 Å². The molecule has 6 heteroatoms. The van der Waals surface area contributed by atoms with Gasteiger partial charge >= 0.3 is 0 Å². The van der Waals surface area contributed by atoms with E-state index in [-0.39, 0.29) is 18.1 Å². The minimum absolute atomic E-state index is 0.165. The third-order valence-corrected chi connectivity index (χ3v) is 5.31. The number of carbonyl (C=O) groups is 1. The summed E-state index contributed by atoms with van der Waals surface area (Å²) in [5.74, 6) is 0.196. The van der Waals surface area contributed by atoms with Crippen LogP contribution in [0, 0.1) is 13.8 Å². The number of methoxy groups -OCH3 is 1. The molecule has 0 saturated carbocycles. The summed E-state index contributed by atoms with van der Waals surface area (Å²) in [6.07, 6.45) is 4.10. The van der Waals surface area contributed by atoms with Gasteiger partial charge < -0.3 is 14.5 Å². The normalized spacial score (nSPS) is 25.4. The fourth-order valence-electron chi connectivity index (χ4n) is 3.87. The first kappa shape index (κ1) is 16.5. The lowest BCUT2D eigenvalue weighted by Gasteiger charge is -2.28. The van der Waals surface area contributed by atoms with E-state index in [9.17, 15) is 4.79 Å². The van der Waals surface area contributed by atoms with Crippen LogP contribution in [0.4, 0.5) is 0 Å². The number of hydrogen-bond acceptors (Lipinski definition) is 4. The molecule has 0 bridgehead atoms. The van der Waals surface area contributed by atoms with Crippen LogP contribution >= 0.6 is 0 Å². The Kier molecular flexibility index (Phi) is 5.02. The monoisotopic (exact) mass is 320 g/mol. The highest BCUT2D eigenvalue weighted by atomic mass is 16.5. The zero-order valence-electron chi connectivity index (χ0n) is 14.5. The van der Waals surface area contributed by atoms with Crippen molar-refractivity contribution in [2.24, 2.45) is 0 Å². The molecule has 3 heterocycles. The SMILES string of the molecule is CO[C@H]1C[C@@H](CN2CCCC2)N(C(=O)Cc2c(C)n[nH]c2C)C1. The van der Waals surface area contributed by atoms with Crippen molar-refractivity contribution in [3.8, 4) is 0 Å². The van der Waals surface area contributed by atoms with Gasteiger partial charge in [-0.05, 0) is 46.2 Å². The van der Waals surface area contributed by atoms with Crippen LogP contribution in [0.1, 0.15) is 36.2 Å². The number of aromatic nitrogens is 2. The maximum atomic E-state index is 12.9. The van der Waals surface area contributed by atoms with Gasteiger partial charge in [-0.3, -0.25) is 9.89 Å². The zero-order chi connectivity index (χ0) is 16.4. The lowest BCUT2D eigenvalue weighted by atomic mass is 10.1. The summed E-state index contributed by atoms with van der Waals surface area (Å²) in [4.78, 5) is 17.4. The molecule has 2 atom stereocenters. The van der Waals surface area contributed by atoms with Gasteiger partial charge in [0.1, 0.15) is 0 Å². The molecule has 2 aliphatic heterocycles. The van der Waals surface area contributed by atoms with Gasteiger partial charge in [0.15, 0.2) is 0 Å². The Morgan fingerprint density at radius 1 is 1.35 bits per heavy atom. The number of aromatic amines is 1. The quantitative estimate of drug-likeness (QED) is 0.888. The van der Waals surface area contributed by atoms with E-state index in [1.165, 1.54) is 12.8 Å². The average molecular weight is 320 g/mol. The Bertz CT molecular complexity index is 531. The van der Waals surface area contributed by atoms with Gasteiger partial charge in [0.2, 0.25) is 5.91 Å². The number of carbonyl (C=O) groups excluding carboxylic acids is 1. The molecule has 1 N–H and O–H groups in total. The van der Waals surface area contributed by atoms with Crippen molar-refractivity contribution in [2.75, 3.05) is 33.3 Å². The number of aryl methyl sites for hydroxylation is 2. The molecule has 0 radical (unpaired) electrons. The number of hydrogen-bond donors (Lipinski definition) is 1. The standard InChI is InChI=1S/C17H28N4O2/c1-12-16(13(2)19-18-12)9-17(22)21-11-15(23-3)8-14(21)10-20-6-4-5-7-20/h14-15H,4-11H2,1-3H3,(H,18,19)/t14-,15-/m0/s1. The summed E-state index contributed by atoms with van der Waals surface area (Å²) in [5, 5.41) is 7.17. The second kappa shape index (κ2) is 7.01. The number of amides is 1. The van der Waals surface area contributed by atoms with Crippen LogP contribution in [0.3, 0.4) is 0 Å². The molecule has 0 aliphatic carbocycles. The molecule has 0 spiro atoms. The van der Waals surface area contributed by atoms with Crippen LogP contribution < -0.4 is 0 Å². The van der Waals surface area contributed by atoms with Gasteiger partial charge in [-0.1, -0.05) is 0 Å². The molecule has 2 aliphatic rings. The Labute approximate surface area is 138 Å². The molecular weight excluding hydrogens is 292 g/mol. The van der Waals surface area contributed by atoms with E-state index < -0.39 is 0 Å². The largest absolute Gasteiger partial charge is 0.380 e. The highest BCUT2D eigenvalue weighted by Crippen LogP contribution is 2.24. The van der Waals surface area contributed by atoms with Crippen LogP contribution in [0.5, 0.6) is 0 Å². The summed E-state index contributed by atoms with van der Waals surface area (Å²) in [7, 11) is 1.75. The predicted molar refractivity (Wildman–Crippen MR) is 88.4 cm³/mol. The number of nitrogens with zero attached hydrogens (tertiary/aromatic N) is 3. The van der Waals surface area contributed by atoms with E-state index in [2.05, 4.69) is 15.1 Å². The van der Waals surface area contributed by atoms with Gasteiger partial charge in [0.25, 0.3) is 0 Å². The summed E-state index contributed by atoms with van der Waals surface area (Å²) in [6.45, 7) is 7.95. The van der Waals surface area contributed by atoms with Crippen molar-refractivity contribution >= 4 is 5.91 Å². The third-order valence-electron chi connectivity index (χ3n) is 5.31. The topological polar surface area (TPSA) is 61.5 Å². The Hall–Kier alpha value is -1.40. The van der Waals surface area contributed by atoms with Gasteiger partial charge in [-0.15, -0.1) is 0 Å². The van der Waals surface area contributed by atoms with Crippen molar-refractivity contribution in [3.63, 3.8) is 0 Å². The van der Waals surface area contributed by atoms with Crippen molar-refractivity contribution in [3.05, 3.63) is 17.0 Å². The molecule has 6 nitrogen and oxygen atoms in total. The predicted octanol–water partition coefficient (Wildman–Crippen LogP) is 1.28. The summed E-state index contributed by atoms with van der Waals surface area (Å²) in [6, 6.07) is 0.276. The fraction of sp³-hybridized carbons (Fsp3) is 0.765. The Morgan fingerprint density at radius 3 is 2.70 bits per heavy atom. The van der Waals surface area contributed by atoms with Crippen LogP contribution in [-0.4, -0.2) is 71.3 Å². The second-order valence-corrected chi connectivity index (χ2v) is 6.89. The van der Waals surface area contributed by atoms with Gasteiger partial charge in [0.05, 0.1) is 18.2 Å². The highest BCUT2D eigenvalue weighted by molar-refractivity contribution is 5.80. The van der Waals surface area contributed by atoms with E-state index in [1.54, 1.807) is 7.11 Å². The molecule has 1 aromatic heterocycles. The van der Waals surface area contributed by atoms with Crippen molar-refractivity contribution in [1.82, 2.24) is 20.0 Å². The fourth-order valence-corrected chi connectivity index (χ4v) is 3.87. The molecule has 2 fully saturated rings. The molecule has 1 aromatic rings. The van der Waals surface area contributed by atoms with Crippen LogP contribution in [0.2, 0.25) is 0 Å². The first-order chi connectivity index (χ1) is 11.1. The number of rotatable bonds is 5. The third kappa shape index (κ3) is 3.58. The maximum Gasteiger partial charge on any atom is 0.227 e. The number of H-pyrrole nitrogens is 1. The van der Waals surface area contributed by atoms with Crippen molar-refractivity contribution in [2.45, 2.75) is 51.7 Å². The van der Waals surface area contributed by atoms with Gasteiger partial charge in [-0.2, -0.15) is 5.10 Å². The zero-order valence-corrected chi connectivity index (χ0v) is 14.5. The minimum Gasteiger partial charge on any atom is -0.380 e. The summed E-state index contributed by atoms with van der Waals surface area (Å²) >= 11 is 0. The lowest BCUT2D eigenvalue weighted by molar-refractivity contribution is -0.131. The minimum atomic E-state index is 0.165. The first-order valence-electron chi connectivity index (χ1n) is 8.63. The Morgan fingerprint density at radius 2 is 2.09 bits per heavy atom. The van der Waals surface area contributed by atoms with Crippen LogP contribution in [-0.2, 0) is 16.0 Å². The maximum absolute atomic E-state index is 12.9. The molecule has 1 amide bonds. The van der Waals surface area contributed by atoms with Crippen molar-refractivity contribution < 1.29 is 9.53 Å². The van der Waals surface area contributed by atoms with Gasteiger partial charge in [0, 0.05) is 37.5 Å². The van der Waals surface area contributed by atoms with E-state index in [1.807, 2.05) is 18.7 Å². The molecule has 128 valence electrons.